The topological polar surface area (TPSA) is 62.0 Å². The van der Waals surface area contributed by atoms with Gasteiger partial charge in [-0.1, -0.05) is 48.5 Å². The molecule has 4 rings (SSSR count). The van der Waals surface area contributed by atoms with E-state index in [1.165, 1.54) is 12.1 Å². The zero-order chi connectivity index (χ0) is 19.6. The minimum Gasteiger partial charge on any atom is -0.361 e. The quantitative estimate of drug-likeness (QED) is 0.509. The molecule has 0 radical (unpaired) electrons. The summed E-state index contributed by atoms with van der Waals surface area (Å²) < 4.78 is 41.5. The molecule has 2 N–H and O–H groups in total. The number of hydrogen-bond acceptors (Lipinski definition) is 2. The fourth-order valence-electron chi connectivity index (χ4n) is 3.36. The van der Waals surface area contributed by atoms with E-state index in [4.69, 9.17) is 0 Å². The number of para-hydroxylation sites is 1. The molecule has 4 aromatic rings. The van der Waals surface area contributed by atoms with Gasteiger partial charge in [0.15, 0.2) is 0 Å². The molecule has 0 spiro atoms. The second-order valence-corrected chi connectivity index (χ2v) is 8.33. The van der Waals surface area contributed by atoms with Crippen molar-refractivity contribution in [3.63, 3.8) is 0 Å². The molecular formula is C22H19FN2O2S. The second-order valence-electron chi connectivity index (χ2n) is 6.56. The van der Waals surface area contributed by atoms with E-state index in [0.29, 0.717) is 0 Å². The summed E-state index contributed by atoms with van der Waals surface area (Å²) in [6, 6.07) is 22.3. The molecular weight excluding hydrogens is 375 g/mol. The molecule has 1 heterocycles. The van der Waals surface area contributed by atoms with Crippen LogP contribution in [0.25, 0.3) is 10.9 Å². The van der Waals surface area contributed by atoms with E-state index in [-0.39, 0.29) is 23.2 Å². The van der Waals surface area contributed by atoms with Crippen LogP contribution in [0.1, 0.15) is 17.0 Å². The van der Waals surface area contributed by atoms with Crippen LogP contribution in [0.15, 0.2) is 90.0 Å². The van der Waals surface area contributed by atoms with Crippen molar-refractivity contribution in [1.82, 2.24) is 9.71 Å². The molecule has 0 aliphatic heterocycles. The molecule has 1 unspecified atom stereocenters. The Kier molecular flexibility index (Phi) is 4.98. The van der Waals surface area contributed by atoms with Gasteiger partial charge < -0.3 is 4.98 Å². The van der Waals surface area contributed by atoms with Crippen LogP contribution in [-0.4, -0.2) is 19.9 Å². The van der Waals surface area contributed by atoms with E-state index in [2.05, 4.69) is 9.71 Å². The second kappa shape index (κ2) is 7.58. The zero-order valence-corrected chi connectivity index (χ0v) is 15.8. The van der Waals surface area contributed by atoms with Crippen LogP contribution in [0.5, 0.6) is 0 Å². The third-order valence-corrected chi connectivity index (χ3v) is 6.24. The highest BCUT2D eigenvalue weighted by Gasteiger charge is 2.22. The van der Waals surface area contributed by atoms with Crippen LogP contribution in [0, 0.1) is 5.82 Å². The van der Waals surface area contributed by atoms with Gasteiger partial charge in [0.25, 0.3) is 0 Å². The van der Waals surface area contributed by atoms with E-state index >= 15 is 0 Å². The van der Waals surface area contributed by atoms with E-state index < -0.39 is 10.0 Å². The number of halogens is 1. The smallest absolute Gasteiger partial charge is 0.240 e. The first-order valence-electron chi connectivity index (χ1n) is 8.91. The summed E-state index contributed by atoms with van der Waals surface area (Å²) in [5.74, 6) is -0.596. The molecule has 0 saturated carbocycles. The molecule has 0 bridgehead atoms. The van der Waals surface area contributed by atoms with Gasteiger partial charge in [-0.05, 0) is 41.5 Å². The van der Waals surface area contributed by atoms with Crippen molar-refractivity contribution in [2.45, 2.75) is 10.8 Å². The molecule has 0 aliphatic carbocycles. The first kappa shape index (κ1) is 18.4. The molecule has 6 heteroatoms. The fourth-order valence-corrected chi connectivity index (χ4v) is 4.43. The third-order valence-electron chi connectivity index (χ3n) is 4.80. The fraction of sp³-hybridized carbons (Fsp3) is 0.0909. The molecule has 1 atom stereocenters. The standard InChI is InChI=1S/C22H19FN2O2S/c23-17-12-10-16(11-13-17)20(21-14-24-22-9-5-4-8-19(21)22)15-25-28(26,27)18-6-2-1-3-7-18/h1-14,20,24-25H,15H2. The minimum absolute atomic E-state index is 0.157. The van der Waals surface area contributed by atoms with Crippen molar-refractivity contribution in [1.29, 1.82) is 0 Å². The van der Waals surface area contributed by atoms with Crippen molar-refractivity contribution >= 4 is 20.9 Å². The lowest BCUT2D eigenvalue weighted by molar-refractivity contribution is 0.577. The maximum atomic E-state index is 13.4. The zero-order valence-electron chi connectivity index (χ0n) is 15.0. The summed E-state index contributed by atoms with van der Waals surface area (Å²) in [6.07, 6.45) is 1.88. The van der Waals surface area contributed by atoms with Gasteiger partial charge in [-0.25, -0.2) is 17.5 Å². The van der Waals surface area contributed by atoms with Crippen molar-refractivity contribution < 1.29 is 12.8 Å². The van der Waals surface area contributed by atoms with Crippen molar-refractivity contribution in [3.05, 3.63) is 102 Å². The maximum Gasteiger partial charge on any atom is 0.240 e. The van der Waals surface area contributed by atoms with Gasteiger partial charge in [-0.3, -0.25) is 0 Å². The molecule has 1 aromatic heterocycles. The highest BCUT2D eigenvalue weighted by Crippen LogP contribution is 2.31. The number of nitrogens with one attached hydrogen (secondary N) is 2. The first-order valence-corrected chi connectivity index (χ1v) is 10.4. The van der Waals surface area contributed by atoms with Crippen molar-refractivity contribution in [2.75, 3.05) is 6.54 Å². The minimum atomic E-state index is -3.65. The Labute approximate surface area is 163 Å². The lowest BCUT2D eigenvalue weighted by atomic mass is 9.91. The Bertz CT molecular complexity index is 1190. The number of H-pyrrole nitrogens is 1. The number of benzene rings is 3. The molecule has 0 amide bonds. The molecule has 0 aliphatic rings. The molecule has 142 valence electrons. The summed E-state index contributed by atoms with van der Waals surface area (Å²) >= 11 is 0. The Morgan fingerprint density at radius 1 is 0.893 bits per heavy atom. The van der Waals surface area contributed by atoms with Crippen LogP contribution < -0.4 is 4.72 Å². The van der Waals surface area contributed by atoms with Crippen LogP contribution in [0.3, 0.4) is 0 Å². The number of sulfonamides is 1. The van der Waals surface area contributed by atoms with Crippen LogP contribution >= 0.6 is 0 Å². The number of hydrogen-bond donors (Lipinski definition) is 2. The summed E-state index contributed by atoms with van der Waals surface area (Å²) in [5, 5.41) is 1.01. The van der Waals surface area contributed by atoms with E-state index in [1.807, 2.05) is 30.5 Å². The van der Waals surface area contributed by atoms with Crippen LogP contribution in [-0.2, 0) is 10.0 Å². The molecule has 0 fully saturated rings. The van der Waals surface area contributed by atoms with Crippen LogP contribution in [0.4, 0.5) is 4.39 Å². The van der Waals surface area contributed by atoms with E-state index in [1.54, 1.807) is 42.5 Å². The largest absolute Gasteiger partial charge is 0.361 e. The van der Waals surface area contributed by atoms with Gasteiger partial charge in [0, 0.05) is 29.6 Å². The number of fused-ring (bicyclic) bond motifs is 1. The summed E-state index contributed by atoms with van der Waals surface area (Å²) in [7, 11) is -3.65. The number of aromatic nitrogens is 1. The van der Waals surface area contributed by atoms with Crippen LogP contribution in [0.2, 0.25) is 0 Å². The molecule has 3 aromatic carbocycles. The van der Waals surface area contributed by atoms with Gasteiger partial charge in [0.1, 0.15) is 5.82 Å². The van der Waals surface area contributed by atoms with Gasteiger partial charge in [0.2, 0.25) is 10.0 Å². The normalized spacial score (nSPS) is 12.9. The predicted molar refractivity (Wildman–Crippen MR) is 108 cm³/mol. The first-order chi connectivity index (χ1) is 13.5. The summed E-state index contributed by atoms with van der Waals surface area (Å²) in [5.41, 5.74) is 2.76. The highest BCUT2D eigenvalue weighted by atomic mass is 32.2. The van der Waals surface area contributed by atoms with Gasteiger partial charge in [-0.15, -0.1) is 0 Å². The molecule has 4 nitrogen and oxygen atoms in total. The summed E-state index contributed by atoms with van der Waals surface area (Å²) in [6.45, 7) is 0.157. The Balaban J connectivity index is 1.71. The maximum absolute atomic E-state index is 13.4. The lowest BCUT2D eigenvalue weighted by Crippen LogP contribution is -2.29. The lowest BCUT2D eigenvalue weighted by Gasteiger charge is -2.18. The summed E-state index contributed by atoms with van der Waals surface area (Å²) in [4.78, 5) is 3.44. The average molecular weight is 394 g/mol. The SMILES string of the molecule is O=S(=O)(NCC(c1ccc(F)cc1)c1c[nH]c2ccccc12)c1ccccc1. The number of rotatable bonds is 6. The van der Waals surface area contributed by atoms with Gasteiger partial charge in [-0.2, -0.15) is 0 Å². The Morgan fingerprint density at radius 3 is 2.32 bits per heavy atom. The van der Waals surface area contributed by atoms with Gasteiger partial charge in [0.05, 0.1) is 4.90 Å². The van der Waals surface area contributed by atoms with E-state index in [9.17, 15) is 12.8 Å². The van der Waals surface area contributed by atoms with Crippen molar-refractivity contribution in [3.8, 4) is 0 Å². The Morgan fingerprint density at radius 2 is 1.57 bits per heavy atom. The molecule has 28 heavy (non-hydrogen) atoms. The average Bonchev–Trinajstić information content (AvgIpc) is 3.14. The highest BCUT2D eigenvalue weighted by molar-refractivity contribution is 7.89. The Hall–Kier alpha value is -2.96. The molecule has 0 saturated heterocycles. The van der Waals surface area contributed by atoms with Crippen molar-refractivity contribution in [2.24, 2.45) is 0 Å². The van der Waals surface area contributed by atoms with Gasteiger partial charge >= 0.3 is 0 Å². The predicted octanol–water partition coefficient (Wildman–Crippen LogP) is 4.42. The van der Waals surface area contributed by atoms with E-state index in [0.717, 1.165) is 22.0 Å². The third kappa shape index (κ3) is 3.69. The number of aromatic amines is 1. The monoisotopic (exact) mass is 394 g/mol.